The van der Waals surface area contributed by atoms with E-state index in [0.717, 1.165) is 43.9 Å². The van der Waals surface area contributed by atoms with Crippen molar-refractivity contribution in [2.24, 2.45) is 17.3 Å². The van der Waals surface area contributed by atoms with Gasteiger partial charge in [0.25, 0.3) is 11.8 Å². The average Bonchev–Trinajstić information content (AvgIpc) is 4.02. The molecule has 4 aromatic rings. The number of nitrogens with zero attached hydrogens (tertiary/aromatic N) is 6. The molecule has 5 atom stereocenters. The fourth-order valence-corrected chi connectivity index (χ4v) is 11.0. The number of esters is 1. The maximum atomic E-state index is 14.8. The highest BCUT2D eigenvalue weighted by atomic mass is 19.3. The highest BCUT2D eigenvalue weighted by molar-refractivity contribution is 5.97. The molecule has 1 unspecified atom stereocenters. The van der Waals surface area contributed by atoms with Crippen molar-refractivity contribution in [1.82, 2.24) is 40.0 Å². The predicted molar refractivity (Wildman–Crippen MR) is 277 cm³/mol. The number of ether oxygens (including phenoxy) is 3. The van der Waals surface area contributed by atoms with E-state index in [4.69, 9.17) is 19.2 Å². The first-order chi connectivity index (χ1) is 35.7. The predicted octanol–water partition coefficient (Wildman–Crippen LogP) is 5.71. The Bertz CT molecular complexity index is 2870. The van der Waals surface area contributed by atoms with E-state index in [1.165, 1.54) is 21.9 Å². The van der Waals surface area contributed by atoms with E-state index in [2.05, 4.69) is 60.2 Å². The zero-order valence-electron chi connectivity index (χ0n) is 44.2. The molecule has 4 aliphatic heterocycles. The summed E-state index contributed by atoms with van der Waals surface area (Å²) in [5.41, 5.74) is 9.21. The summed E-state index contributed by atoms with van der Waals surface area (Å²) in [4.78, 5) is 79.0. The Morgan fingerprint density at radius 1 is 1.04 bits per heavy atom. The Morgan fingerprint density at radius 2 is 1.80 bits per heavy atom. The number of hydrazine groups is 1. The lowest BCUT2D eigenvalue weighted by Crippen LogP contribution is -2.62. The molecule has 0 spiro atoms. The maximum Gasteiger partial charge on any atom is 0.370 e. The number of aromatic nitrogens is 2. The number of carbonyl (C=O) groups is 5. The van der Waals surface area contributed by atoms with Crippen LogP contribution in [0.15, 0.2) is 54.7 Å². The summed E-state index contributed by atoms with van der Waals surface area (Å²) in [5, 5.41) is 16.7. The van der Waals surface area contributed by atoms with Crippen LogP contribution in [-0.4, -0.2) is 155 Å². The number of halogens is 2. The van der Waals surface area contributed by atoms with Crippen molar-refractivity contribution in [3.63, 3.8) is 0 Å². The van der Waals surface area contributed by atoms with Gasteiger partial charge in [0, 0.05) is 93.8 Å². The number of aromatic hydroxyl groups is 1. The fraction of sp³-hybridized carbons (Fsp3) is 0.536. The number of hydrogen-bond acceptors (Lipinski definition) is 12. The number of pyridine rings is 1. The van der Waals surface area contributed by atoms with Crippen LogP contribution < -0.4 is 10.7 Å². The molecule has 6 bridgehead atoms. The van der Waals surface area contributed by atoms with Gasteiger partial charge in [-0.25, -0.2) is 10.3 Å². The number of cyclic esters (lactones) is 1. The molecule has 17 nitrogen and oxygen atoms in total. The minimum Gasteiger partial charge on any atom is -0.508 e. The Balaban J connectivity index is 1.11. The molecule has 3 N–H and O–H groups in total. The monoisotopic (exact) mass is 1040 g/mol. The van der Waals surface area contributed by atoms with Crippen LogP contribution in [0.3, 0.4) is 0 Å². The molecule has 4 aliphatic rings. The van der Waals surface area contributed by atoms with Crippen LogP contribution in [0.2, 0.25) is 0 Å². The van der Waals surface area contributed by atoms with Gasteiger partial charge in [-0.1, -0.05) is 39.8 Å². The molecule has 0 aliphatic carbocycles. The van der Waals surface area contributed by atoms with Gasteiger partial charge in [-0.2, -0.15) is 8.78 Å². The van der Waals surface area contributed by atoms with Crippen LogP contribution in [0.1, 0.15) is 83.7 Å². The van der Waals surface area contributed by atoms with Gasteiger partial charge < -0.3 is 39.0 Å². The van der Waals surface area contributed by atoms with Crippen LogP contribution in [0.4, 0.5) is 8.78 Å². The molecule has 2 aromatic heterocycles. The summed E-state index contributed by atoms with van der Waals surface area (Å²) < 4.78 is 49.0. The van der Waals surface area contributed by atoms with E-state index in [9.17, 15) is 37.9 Å². The van der Waals surface area contributed by atoms with Crippen molar-refractivity contribution in [2.75, 3.05) is 66.7 Å². The lowest BCUT2D eigenvalue weighted by molar-refractivity contribution is -0.155. The number of morpholine rings is 1. The van der Waals surface area contributed by atoms with Crippen molar-refractivity contribution >= 4 is 40.5 Å². The molecular formula is C56H70F2N8O9. The second-order valence-corrected chi connectivity index (χ2v) is 21.3. The fourth-order valence-electron chi connectivity index (χ4n) is 11.0. The summed E-state index contributed by atoms with van der Waals surface area (Å²) in [6.45, 7) is 12.9. The number of rotatable bonds is 10. The molecule has 3 saturated heterocycles. The van der Waals surface area contributed by atoms with Gasteiger partial charge >= 0.3 is 12.0 Å². The second-order valence-electron chi connectivity index (χ2n) is 21.3. The molecule has 0 saturated carbocycles. The first-order valence-corrected chi connectivity index (χ1v) is 26.0. The molecule has 3 fully saturated rings. The third-order valence-corrected chi connectivity index (χ3v) is 14.9. The molecule has 2 aromatic carbocycles. The summed E-state index contributed by atoms with van der Waals surface area (Å²) in [6.07, 6.45) is 2.97. The SMILES string of the molecule is CCn1c(-c2cccnc2[C@H](C)OC)c2c3cc(ccc31)-c1cc(O)cc(c1)C[C@H](NC(=O)[C@H](C(C)C)N(C)C(=O)C1CCN(C(=O)C#CC(F)(F)N3CCOCC3)C1)C(=O)N1CCC[C@H](N1)C(=O)OCC(C)(C)C2. The topological polar surface area (TPSA) is 188 Å². The largest absolute Gasteiger partial charge is 0.508 e. The van der Waals surface area contributed by atoms with Crippen molar-refractivity contribution < 1.29 is 52.1 Å². The van der Waals surface area contributed by atoms with Crippen LogP contribution in [0.5, 0.6) is 5.75 Å². The Morgan fingerprint density at radius 3 is 2.52 bits per heavy atom. The summed E-state index contributed by atoms with van der Waals surface area (Å²) in [7, 11) is 3.15. The van der Waals surface area contributed by atoms with E-state index < -0.39 is 71.0 Å². The van der Waals surface area contributed by atoms with Gasteiger partial charge in [0.05, 0.1) is 43.2 Å². The Labute approximate surface area is 437 Å². The van der Waals surface area contributed by atoms with E-state index >= 15 is 0 Å². The van der Waals surface area contributed by atoms with Crippen molar-refractivity contribution in [2.45, 2.75) is 110 Å². The second kappa shape index (κ2) is 22.8. The third-order valence-electron chi connectivity index (χ3n) is 14.9. The number of hydrogen-bond donors (Lipinski definition) is 3. The molecule has 0 radical (unpaired) electrons. The number of likely N-dealkylation sites (N-methyl/N-ethyl adjacent to an activating group) is 1. The minimum atomic E-state index is -3.53. The zero-order valence-corrected chi connectivity index (χ0v) is 44.2. The number of fused-ring (bicyclic) bond motifs is 6. The van der Waals surface area contributed by atoms with Crippen molar-refractivity contribution in [3.8, 4) is 40.0 Å². The molecule has 19 heteroatoms. The Hall–Kier alpha value is -6.46. The lowest BCUT2D eigenvalue weighted by atomic mass is 9.84. The number of aryl methyl sites for hydroxylation is 1. The Kier molecular flexibility index (Phi) is 16.7. The number of likely N-dealkylation sites (tertiary alicyclic amines) is 1. The first-order valence-electron chi connectivity index (χ1n) is 26.0. The molecule has 75 heavy (non-hydrogen) atoms. The smallest absolute Gasteiger partial charge is 0.370 e. The number of phenolic OH excluding ortho intramolecular Hbond substituents is 1. The van der Waals surface area contributed by atoms with Crippen LogP contribution in [-0.2, 0) is 57.6 Å². The van der Waals surface area contributed by atoms with E-state index in [0.29, 0.717) is 36.9 Å². The molecule has 402 valence electrons. The first kappa shape index (κ1) is 54.8. The van der Waals surface area contributed by atoms with Crippen LogP contribution >= 0.6 is 0 Å². The quantitative estimate of drug-likeness (QED) is 0.1000. The third kappa shape index (κ3) is 12.0. The highest BCUT2D eigenvalue weighted by Gasteiger charge is 2.41. The van der Waals surface area contributed by atoms with E-state index in [1.807, 2.05) is 31.0 Å². The van der Waals surface area contributed by atoms with Crippen molar-refractivity contribution in [1.29, 1.82) is 0 Å². The van der Waals surface area contributed by atoms with E-state index in [1.54, 1.807) is 39.3 Å². The normalized spacial score (nSPS) is 21.5. The number of phenols is 1. The number of nitrogens with one attached hydrogen (secondary N) is 2. The molecular weight excluding hydrogens is 967 g/mol. The van der Waals surface area contributed by atoms with Gasteiger partial charge in [0.2, 0.25) is 11.8 Å². The standard InChI is InChI=1S/C56H70F2N8O9/c1-9-65-46-15-14-37-30-42(46)43(50(65)41-12-10-19-59-48(41)35(4)73-8)31-55(5,6)33-75-54(72)44-13-11-20-66(61-44)53(71)45(28-36-26-39(37)29-40(67)27-36)60-51(69)49(34(2)3)62(7)52(70)38-17-21-63(32-38)47(68)16-18-56(57,58)64-22-24-74-25-23-64/h10,12,14-15,19,26-27,29-30,34-35,38,44-45,49,61,67H,9,11,13,17,20-25,28,31-33H2,1-8H3,(H,60,69)/t35-,38?,44-,45-,49-/m0/s1. The highest BCUT2D eigenvalue weighted by Crippen LogP contribution is 2.42. The van der Waals surface area contributed by atoms with Gasteiger partial charge in [0.1, 0.15) is 23.9 Å². The van der Waals surface area contributed by atoms with Crippen molar-refractivity contribution in [3.05, 3.63) is 71.5 Å². The zero-order chi connectivity index (χ0) is 53.9. The summed E-state index contributed by atoms with van der Waals surface area (Å²) in [6, 6.07) is 8.49. The molecule has 6 heterocycles. The van der Waals surface area contributed by atoms with Gasteiger partial charge in [-0.3, -0.25) is 34.0 Å². The molecule has 4 amide bonds. The summed E-state index contributed by atoms with van der Waals surface area (Å²) >= 11 is 0. The number of methoxy groups -OCH3 is 1. The van der Waals surface area contributed by atoms with Gasteiger partial charge in [-0.15, -0.1) is 0 Å². The number of carbonyl (C=O) groups excluding carboxylic acids is 5. The number of alkyl halides is 2. The van der Waals surface area contributed by atoms with Crippen LogP contribution in [0, 0.1) is 29.1 Å². The van der Waals surface area contributed by atoms with Crippen LogP contribution in [0.25, 0.3) is 33.3 Å². The molecule has 8 rings (SSSR count). The minimum absolute atomic E-state index is 0.0251. The number of amides is 4. The van der Waals surface area contributed by atoms with E-state index in [-0.39, 0.29) is 77.2 Å². The maximum absolute atomic E-state index is 14.8. The lowest BCUT2D eigenvalue weighted by Gasteiger charge is -2.37. The summed E-state index contributed by atoms with van der Waals surface area (Å²) in [5.74, 6) is -0.302. The number of benzene rings is 2. The van der Waals surface area contributed by atoms with Gasteiger partial charge in [-0.05, 0) is 110 Å². The van der Waals surface area contributed by atoms with Gasteiger partial charge in [0.15, 0.2) is 0 Å². The average molecular weight is 1040 g/mol.